The molecule has 4 aromatic rings. The lowest BCUT2D eigenvalue weighted by Gasteiger charge is -2.48. The number of primary amides is 1. The van der Waals surface area contributed by atoms with Crippen LogP contribution < -0.4 is 31.2 Å². The number of hydrogen-bond donors (Lipinski definition) is 3. The molecule has 0 aromatic heterocycles. The molecule has 4 aliphatic rings. The summed E-state index contributed by atoms with van der Waals surface area (Å²) in [4.78, 5) is 68.2. The number of halogens is 2. The molecule has 6 amide bonds. The van der Waals surface area contributed by atoms with E-state index in [1.54, 1.807) is 30.3 Å². The summed E-state index contributed by atoms with van der Waals surface area (Å²) in [6.07, 6.45) is 9.73. The molecule has 8 rings (SSSR count). The fraction of sp³-hybridized carbons (Fsp3) is 0.442. The molecule has 68 heavy (non-hydrogen) atoms. The second kappa shape index (κ2) is 22.8. The number of nitrogens with two attached hydrogens (primary N) is 2. The minimum atomic E-state index is -0.766. The minimum Gasteiger partial charge on any atom is -0.495 e. The third kappa shape index (κ3) is 11.4. The van der Waals surface area contributed by atoms with Gasteiger partial charge >= 0.3 is 6.03 Å². The molecule has 5 N–H and O–H groups in total. The number of methoxy groups -OCH3 is 2. The number of piperidine rings is 2. The van der Waals surface area contributed by atoms with Crippen molar-refractivity contribution in [3.8, 4) is 22.6 Å². The quantitative estimate of drug-likeness (QED) is 0.112. The Bertz CT molecular complexity index is 2460. The number of hydrogen-bond acceptors (Lipinski definition) is 9. The van der Waals surface area contributed by atoms with Crippen LogP contribution in [0.25, 0.3) is 11.1 Å². The number of anilines is 1. The summed E-state index contributed by atoms with van der Waals surface area (Å²) < 4.78 is 31.3. The van der Waals surface area contributed by atoms with Crippen LogP contribution in [-0.2, 0) is 14.3 Å². The van der Waals surface area contributed by atoms with Gasteiger partial charge in [0.25, 0.3) is 5.91 Å². The maximum atomic E-state index is 15.5. The summed E-state index contributed by atoms with van der Waals surface area (Å²) in [6, 6.07) is 22.4. The van der Waals surface area contributed by atoms with Crippen LogP contribution >= 0.6 is 11.6 Å². The number of amides is 6. The molecule has 3 aliphatic heterocycles. The summed E-state index contributed by atoms with van der Waals surface area (Å²) in [5.41, 5.74) is 14.8. The summed E-state index contributed by atoms with van der Waals surface area (Å²) >= 11 is 6.44. The van der Waals surface area contributed by atoms with Crippen LogP contribution in [0.3, 0.4) is 0 Å². The molecule has 1 unspecified atom stereocenters. The standard InChI is InChI=1S/C28H38N4O5.C24H24ClFN2O3/c1-37-23-9-8-21(18-22(23)32-15-10-24(33)29-27(32)36)26(35)31-14-5-11-28(19-31)12-16-30(17-13-28)25(34)20-6-3-2-4-7-20;1-30-11-12-31-21-10-8-17(24(28)29)22(23(21)26)18-13-16(7-9-20(18)25)19(14-27)15-5-3-2-4-6-15/h8-9,18,20H,2-7,10-17,19H2,1H3,(H,29,33,36);2-10,13,19H,11-12,14,27H2,1H3,(H2,28,29). The SMILES string of the molecule is COCCOc1ccc(C(N)=O)c(-c2cc(C(CN)c3ccccc3)ccc2Cl)c1F.COc1ccc(C(=O)N2CCCC3(CCN(C(=O)C4CCCCC4)CC3)C2)cc1N1CCC(=O)NC1=O. The van der Waals surface area contributed by atoms with Crippen LogP contribution in [0.4, 0.5) is 14.9 Å². The van der Waals surface area contributed by atoms with Crippen molar-refractivity contribution < 1.29 is 42.6 Å². The van der Waals surface area contributed by atoms with Crippen LogP contribution in [0, 0.1) is 17.2 Å². The first-order valence-electron chi connectivity index (χ1n) is 23.5. The topological polar surface area (TPSA) is 187 Å². The molecule has 1 spiro atoms. The second-order valence-corrected chi connectivity index (χ2v) is 18.5. The number of benzene rings is 4. The van der Waals surface area contributed by atoms with Gasteiger partial charge in [0.1, 0.15) is 12.4 Å². The Morgan fingerprint density at radius 3 is 2.25 bits per heavy atom. The van der Waals surface area contributed by atoms with Crippen molar-refractivity contribution in [3.05, 3.63) is 112 Å². The van der Waals surface area contributed by atoms with E-state index in [1.165, 1.54) is 50.5 Å². The number of urea groups is 1. The van der Waals surface area contributed by atoms with Crippen LogP contribution in [-0.4, -0.2) is 106 Å². The minimum absolute atomic E-state index is 0.00176. The number of imide groups is 1. The maximum absolute atomic E-state index is 15.5. The molecule has 4 aromatic carbocycles. The van der Waals surface area contributed by atoms with Crippen molar-refractivity contribution in [1.82, 2.24) is 15.1 Å². The average molecular weight is 954 g/mol. The number of ether oxygens (including phenoxy) is 3. The van der Waals surface area contributed by atoms with E-state index in [2.05, 4.69) is 10.2 Å². The fourth-order valence-corrected chi connectivity index (χ4v) is 10.3. The van der Waals surface area contributed by atoms with Gasteiger partial charge < -0.3 is 35.5 Å². The first-order chi connectivity index (χ1) is 32.9. The zero-order valence-electron chi connectivity index (χ0n) is 38.9. The molecule has 16 heteroatoms. The highest BCUT2D eigenvalue weighted by molar-refractivity contribution is 6.33. The Labute approximate surface area is 402 Å². The number of nitrogens with one attached hydrogen (secondary N) is 1. The van der Waals surface area contributed by atoms with Gasteiger partial charge in [-0.25, -0.2) is 9.18 Å². The highest BCUT2D eigenvalue weighted by atomic mass is 35.5. The molecule has 3 saturated heterocycles. The monoisotopic (exact) mass is 952 g/mol. The van der Waals surface area contributed by atoms with E-state index in [0.29, 0.717) is 48.1 Å². The molecule has 1 saturated carbocycles. The molecule has 14 nitrogen and oxygen atoms in total. The lowest BCUT2D eigenvalue weighted by atomic mass is 9.72. The molecular weight excluding hydrogens is 891 g/mol. The zero-order chi connectivity index (χ0) is 48.4. The van der Waals surface area contributed by atoms with Gasteiger partial charge in [0.05, 0.1) is 25.0 Å². The number of rotatable bonds is 13. The predicted molar refractivity (Wildman–Crippen MR) is 259 cm³/mol. The van der Waals surface area contributed by atoms with Crippen molar-refractivity contribution in [3.63, 3.8) is 0 Å². The third-order valence-electron chi connectivity index (χ3n) is 13.8. The van der Waals surface area contributed by atoms with E-state index in [-0.39, 0.29) is 77.1 Å². The molecule has 0 bridgehead atoms. The average Bonchev–Trinajstić information content (AvgIpc) is 3.35. The Kier molecular flexibility index (Phi) is 16.8. The number of carbonyl (C=O) groups is 5. The maximum Gasteiger partial charge on any atom is 0.328 e. The van der Waals surface area contributed by atoms with E-state index in [0.717, 1.165) is 62.7 Å². The number of nitrogens with zero attached hydrogens (tertiary/aromatic N) is 3. The van der Waals surface area contributed by atoms with Crippen molar-refractivity contribution in [2.75, 3.05) is 71.6 Å². The van der Waals surface area contributed by atoms with Crippen LogP contribution in [0.1, 0.15) is 102 Å². The predicted octanol–water partition coefficient (Wildman–Crippen LogP) is 7.93. The van der Waals surface area contributed by atoms with Gasteiger partial charge in [-0.2, -0.15) is 0 Å². The van der Waals surface area contributed by atoms with E-state index >= 15 is 4.39 Å². The van der Waals surface area contributed by atoms with Crippen molar-refractivity contribution >= 4 is 46.9 Å². The Morgan fingerprint density at radius 2 is 1.57 bits per heavy atom. The van der Waals surface area contributed by atoms with Gasteiger partial charge in [0.2, 0.25) is 17.7 Å². The van der Waals surface area contributed by atoms with E-state index in [1.807, 2.05) is 41.3 Å². The molecular formula is C52H62ClFN6O8. The Balaban J connectivity index is 0.000000205. The molecule has 3 heterocycles. The van der Waals surface area contributed by atoms with E-state index < -0.39 is 17.8 Å². The van der Waals surface area contributed by atoms with Gasteiger partial charge in [-0.15, -0.1) is 0 Å². The summed E-state index contributed by atoms with van der Waals surface area (Å²) in [6.45, 7) is 3.98. The summed E-state index contributed by atoms with van der Waals surface area (Å²) in [5, 5.41) is 2.61. The normalized spacial score (nSPS) is 17.8. The van der Waals surface area contributed by atoms with Crippen LogP contribution in [0.5, 0.6) is 11.5 Å². The highest BCUT2D eigenvalue weighted by Crippen LogP contribution is 2.42. The number of likely N-dealkylation sites (tertiary alicyclic amines) is 2. The lowest BCUT2D eigenvalue weighted by molar-refractivity contribution is -0.139. The highest BCUT2D eigenvalue weighted by Gasteiger charge is 2.42. The summed E-state index contributed by atoms with van der Waals surface area (Å²) in [7, 11) is 3.04. The van der Waals surface area contributed by atoms with Gasteiger partial charge in [0.15, 0.2) is 11.6 Å². The summed E-state index contributed by atoms with van der Waals surface area (Å²) in [5.74, 6) is -0.965. The fourth-order valence-electron chi connectivity index (χ4n) is 10.1. The number of carbonyl (C=O) groups excluding carboxylic acids is 5. The van der Waals surface area contributed by atoms with Crippen molar-refractivity contribution in [2.45, 2.75) is 70.1 Å². The first kappa shape index (κ1) is 49.9. The first-order valence-corrected chi connectivity index (χ1v) is 23.9. The Hall–Kier alpha value is -6.03. The van der Waals surface area contributed by atoms with Crippen LogP contribution in [0.2, 0.25) is 5.02 Å². The van der Waals surface area contributed by atoms with Gasteiger partial charge in [0, 0.05) is 86.3 Å². The van der Waals surface area contributed by atoms with Crippen LogP contribution in [0.15, 0.2) is 78.9 Å². The van der Waals surface area contributed by atoms with Gasteiger partial charge in [-0.1, -0.05) is 67.3 Å². The largest absolute Gasteiger partial charge is 0.495 e. The zero-order valence-corrected chi connectivity index (χ0v) is 39.7. The van der Waals surface area contributed by atoms with Gasteiger partial charge in [-0.05, 0) is 97.5 Å². The van der Waals surface area contributed by atoms with Gasteiger partial charge in [-0.3, -0.25) is 29.4 Å². The van der Waals surface area contributed by atoms with E-state index in [4.69, 9.17) is 37.3 Å². The smallest absolute Gasteiger partial charge is 0.328 e. The molecule has 362 valence electrons. The molecule has 1 atom stereocenters. The third-order valence-corrected chi connectivity index (χ3v) is 14.2. The molecule has 0 radical (unpaired) electrons. The molecule has 4 fully saturated rings. The van der Waals surface area contributed by atoms with E-state index in [9.17, 15) is 24.0 Å². The van der Waals surface area contributed by atoms with Crippen molar-refractivity contribution in [1.29, 1.82) is 0 Å². The van der Waals surface area contributed by atoms with Crippen molar-refractivity contribution in [2.24, 2.45) is 22.8 Å². The lowest BCUT2D eigenvalue weighted by Crippen LogP contribution is -2.52. The second-order valence-electron chi connectivity index (χ2n) is 18.1. The molecule has 1 aliphatic carbocycles. The Morgan fingerprint density at radius 1 is 0.838 bits per heavy atom.